The highest BCUT2D eigenvalue weighted by Gasteiger charge is 2.35. The van der Waals surface area contributed by atoms with Gasteiger partial charge in [-0.1, -0.05) is 34.8 Å². The van der Waals surface area contributed by atoms with Gasteiger partial charge in [0.25, 0.3) is 0 Å². The topological polar surface area (TPSA) is 77.2 Å². The number of aryl methyl sites for hydroxylation is 1. The maximum absolute atomic E-state index is 14.8. The Labute approximate surface area is 217 Å². The predicted octanol–water partition coefficient (Wildman–Crippen LogP) is 6.63. The van der Waals surface area contributed by atoms with Gasteiger partial charge in [0.05, 0.1) is 29.2 Å². The highest BCUT2D eigenvalue weighted by Crippen LogP contribution is 2.39. The molecular weight excluding hydrogens is 525 g/mol. The van der Waals surface area contributed by atoms with Crippen molar-refractivity contribution in [3.05, 3.63) is 87.7 Å². The van der Waals surface area contributed by atoms with Gasteiger partial charge in [0.2, 0.25) is 0 Å². The molecule has 0 saturated heterocycles. The summed E-state index contributed by atoms with van der Waals surface area (Å²) in [7, 11) is 0. The summed E-state index contributed by atoms with van der Waals surface area (Å²) >= 11 is 3.44. The smallest absolute Gasteiger partial charge is 0.307 e. The fourth-order valence-corrected chi connectivity index (χ4v) is 5.38. The van der Waals surface area contributed by atoms with Crippen molar-refractivity contribution in [1.29, 1.82) is 0 Å². The molecule has 0 radical (unpaired) electrons. The molecule has 0 unspecified atom stereocenters. The van der Waals surface area contributed by atoms with E-state index >= 15 is 0 Å². The molecule has 0 bridgehead atoms. The lowest BCUT2D eigenvalue weighted by atomic mass is 9.78. The minimum absolute atomic E-state index is 0.236. The van der Waals surface area contributed by atoms with E-state index in [0.29, 0.717) is 30.2 Å². The Morgan fingerprint density at radius 2 is 2.00 bits per heavy atom. The molecule has 8 heteroatoms. The number of ether oxygens (including phenoxy) is 1. The molecule has 0 spiro atoms. The van der Waals surface area contributed by atoms with Crippen molar-refractivity contribution in [3.8, 4) is 5.75 Å². The minimum atomic E-state index is -0.804. The van der Waals surface area contributed by atoms with Crippen LogP contribution < -0.4 is 4.74 Å². The van der Waals surface area contributed by atoms with Crippen LogP contribution in [0.1, 0.15) is 54.2 Å². The van der Waals surface area contributed by atoms with E-state index in [9.17, 15) is 14.3 Å². The standard InChI is InChI=1S/C28H27BrFN3O3/c1-17-6-8-20(31-14-17)16-36-21-9-11-25-26(13-21)33(15-18-12-19(29)7-10-24(18)30)27(32-25)22-4-2-3-5-23(22)28(34)35/h6-14,22-23H,2-5,15-16H2,1H3,(H,34,35)/t22-,23+/m1/s1. The quantitative estimate of drug-likeness (QED) is 0.279. The number of pyridine rings is 1. The molecule has 5 rings (SSSR count). The Bertz CT molecular complexity index is 1400. The molecule has 1 saturated carbocycles. The summed E-state index contributed by atoms with van der Waals surface area (Å²) in [5.74, 6) is -0.534. The fourth-order valence-electron chi connectivity index (χ4n) is 4.97. The van der Waals surface area contributed by atoms with Crippen molar-refractivity contribution >= 4 is 32.9 Å². The zero-order valence-corrected chi connectivity index (χ0v) is 21.5. The summed E-state index contributed by atoms with van der Waals surface area (Å²) in [4.78, 5) is 21.4. The number of benzene rings is 2. The maximum atomic E-state index is 14.8. The second-order valence-electron chi connectivity index (χ2n) is 9.39. The lowest BCUT2D eigenvalue weighted by molar-refractivity contribution is -0.143. The van der Waals surface area contributed by atoms with Crippen LogP contribution in [-0.4, -0.2) is 25.6 Å². The lowest BCUT2D eigenvalue weighted by Gasteiger charge is -2.28. The number of hydrogen-bond acceptors (Lipinski definition) is 4. The van der Waals surface area contributed by atoms with E-state index in [-0.39, 0.29) is 18.3 Å². The van der Waals surface area contributed by atoms with Crippen LogP contribution in [0.25, 0.3) is 11.0 Å². The Morgan fingerprint density at radius 3 is 2.78 bits per heavy atom. The van der Waals surface area contributed by atoms with Gasteiger partial charge in [-0.2, -0.15) is 0 Å². The Balaban J connectivity index is 1.55. The Morgan fingerprint density at radius 1 is 1.17 bits per heavy atom. The van der Waals surface area contributed by atoms with Crippen molar-refractivity contribution in [1.82, 2.24) is 14.5 Å². The van der Waals surface area contributed by atoms with Crippen LogP contribution >= 0.6 is 15.9 Å². The van der Waals surface area contributed by atoms with Gasteiger partial charge >= 0.3 is 5.97 Å². The van der Waals surface area contributed by atoms with Gasteiger partial charge in [-0.05, 0) is 61.7 Å². The molecule has 1 N–H and O–H groups in total. The fraction of sp³-hybridized carbons (Fsp3) is 0.321. The van der Waals surface area contributed by atoms with Crippen LogP contribution in [0.2, 0.25) is 0 Å². The molecule has 36 heavy (non-hydrogen) atoms. The number of nitrogens with zero attached hydrogens (tertiary/aromatic N) is 3. The Kier molecular flexibility index (Phi) is 7.05. The molecule has 2 heterocycles. The predicted molar refractivity (Wildman–Crippen MR) is 139 cm³/mol. The third-order valence-corrected chi connectivity index (χ3v) is 7.35. The van der Waals surface area contributed by atoms with Gasteiger partial charge in [0.15, 0.2) is 0 Å². The van der Waals surface area contributed by atoms with Gasteiger partial charge in [0.1, 0.15) is 24.0 Å². The molecule has 2 atom stereocenters. The van der Waals surface area contributed by atoms with Crippen LogP contribution in [0.3, 0.4) is 0 Å². The summed E-state index contributed by atoms with van der Waals surface area (Å²) in [6.45, 7) is 2.54. The largest absolute Gasteiger partial charge is 0.487 e. The second-order valence-corrected chi connectivity index (χ2v) is 10.3. The Hall–Kier alpha value is -3.26. The second kappa shape index (κ2) is 10.4. The van der Waals surface area contributed by atoms with Crippen LogP contribution in [-0.2, 0) is 17.9 Å². The van der Waals surface area contributed by atoms with Gasteiger partial charge in [-0.25, -0.2) is 9.37 Å². The summed E-state index contributed by atoms with van der Waals surface area (Å²) in [5.41, 5.74) is 3.92. The van der Waals surface area contributed by atoms with Gasteiger partial charge < -0.3 is 14.4 Å². The average molecular weight is 552 g/mol. The van der Waals surface area contributed by atoms with Crippen molar-refractivity contribution in [2.45, 2.75) is 51.7 Å². The number of carboxylic acids is 1. The number of fused-ring (bicyclic) bond motifs is 1. The number of halogens is 2. The highest BCUT2D eigenvalue weighted by molar-refractivity contribution is 9.10. The molecule has 2 aromatic carbocycles. The van der Waals surface area contributed by atoms with Crippen molar-refractivity contribution in [3.63, 3.8) is 0 Å². The zero-order chi connectivity index (χ0) is 25.2. The van der Waals surface area contributed by atoms with E-state index in [0.717, 1.165) is 46.0 Å². The molecule has 186 valence electrons. The number of aromatic nitrogens is 3. The van der Waals surface area contributed by atoms with Gasteiger partial charge in [0, 0.05) is 28.2 Å². The van der Waals surface area contributed by atoms with Crippen LogP contribution in [0.4, 0.5) is 4.39 Å². The number of rotatable bonds is 7. The number of imidazole rings is 1. The first kappa shape index (κ1) is 24.4. The number of aliphatic carboxylic acids is 1. The molecule has 0 aliphatic heterocycles. The van der Waals surface area contributed by atoms with E-state index in [1.165, 1.54) is 6.07 Å². The van der Waals surface area contributed by atoms with Crippen LogP contribution in [0.15, 0.2) is 59.2 Å². The SMILES string of the molecule is Cc1ccc(COc2ccc3nc([C@@H]4CCCC[C@@H]4C(=O)O)n(Cc4cc(Br)ccc4F)c3c2)nc1. The van der Waals surface area contributed by atoms with E-state index in [2.05, 4.69) is 20.9 Å². The minimum Gasteiger partial charge on any atom is -0.487 e. The molecule has 0 amide bonds. The molecule has 1 aliphatic carbocycles. The first-order valence-electron chi connectivity index (χ1n) is 12.1. The third kappa shape index (κ3) is 5.14. The first-order chi connectivity index (χ1) is 17.4. The monoisotopic (exact) mass is 551 g/mol. The number of carboxylic acid groups (broad SMARTS) is 1. The van der Waals surface area contributed by atoms with E-state index < -0.39 is 11.9 Å². The lowest BCUT2D eigenvalue weighted by Crippen LogP contribution is -2.28. The molecule has 6 nitrogen and oxygen atoms in total. The van der Waals surface area contributed by atoms with Gasteiger partial charge in [-0.3, -0.25) is 9.78 Å². The summed E-state index contributed by atoms with van der Waals surface area (Å²) < 4.78 is 23.5. The molecular formula is C28H27BrFN3O3. The number of hydrogen-bond donors (Lipinski definition) is 1. The van der Waals surface area contributed by atoms with Gasteiger partial charge in [-0.15, -0.1) is 0 Å². The van der Waals surface area contributed by atoms with Crippen molar-refractivity contribution in [2.75, 3.05) is 0 Å². The normalized spacial score (nSPS) is 17.9. The van der Waals surface area contributed by atoms with Crippen LogP contribution in [0, 0.1) is 18.7 Å². The van der Waals surface area contributed by atoms with E-state index in [1.54, 1.807) is 18.3 Å². The first-order valence-corrected chi connectivity index (χ1v) is 12.9. The van der Waals surface area contributed by atoms with Crippen molar-refractivity contribution < 1.29 is 19.0 Å². The molecule has 2 aromatic heterocycles. The summed E-state index contributed by atoms with van der Waals surface area (Å²) in [6.07, 6.45) is 4.99. The average Bonchev–Trinajstić information content (AvgIpc) is 3.23. The highest BCUT2D eigenvalue weighted by atomic mass is 79.9. The summed E-state index contributed by atoms with van der Waals surface area (Å²) in [5, 5.41) is 9.92. The van der Waals surface area contributed by atoms with Crippen molar-refractivity contribution in [2.24, 2.45) is 5.92 Å². The molecule has 1 aliphatic rings. The summed E-state index contributed by atoms with van der Waals surface area (Å²) in [6, 6.07) is 14.4. The molecule has 1 fully saturated rings. The zero-order valence-electron chi connectivity index (χ0n) is 20.0. The molecule has 4 aromatic rings. The van der Waals surface area contributed by atoms with E-state index in [4.69, 9.17) is 9.72 Å². The van der Waals surface area contributed by atoms with Crippen LogP contribution in [0.5, 0.6) is 5.75 Å². The van der Waals surface area contributed by atoms with E-state index in [1.807, 2.05) is 41.8 Å². The maximum Gasteiger partial charge on any atom is 0.307 e. The number of carbonyl (C=O) groups is 1. The third-order valence-electron chi connectivity index (χ3n) is 6.86.